The van der Waals surface area contributed by atoms with E-state index in [2.05, 4.69) is 12.1 Å². The maximum absolute atomic E-state index is 13.2. The van der Waals surface area contributed by atoms with Crippen LogP contribution < -0.4 is 0 Å². The predicted octanol–water partition coefficient (Wildman–Crippen LogP) is 7.48. The molecule has 1 heterocycles. The number of ketones is 1. The van der Waals surface area contributed by atoms with Crippen LogP contribution in [0.1, 0.15) is 21.9 Å². The minimum atomic E-state index is -0.0390. The Balaban J connectivity index is 1.75. The third-order valence-electron chi connectivity index (χ3n) is 4.48. The topological polar surface area (TPSA) is 17.1 Å². The quantitative estimate of drug-likeness (QED) is 0.407. The van der Waals surface area contributed by atoms with Crippen LogP contribution in [0.5, 0.6) is 0 Å². The van der Waals surface area contributed by atoms with Crippen LogP contribution in [0.25, 0.3) is 12.2 Å². The highest BCUT2D eigenvalue weighted by molar-refractivity contribution is 8.05. The van der Waals surface area contributed by atoms with Crippen LogP contribution >= 0.6 is 35.0 Å². The molecule has 1 saturated heterocycles. The van der Waals surface area contributed by atoms with Crippen LogP contribution in [0.15, 0.2) is 89.3 Å². The monoisotopic (exact) mass is 422 g/mol. The van der Waals surface area contributed by atoms with Crippen molar-refractivity contribution >= 4 is 52.9 Å². The van der Waals surface area contributed by atoms with Gasteiger partial charge in [0.25, 0.3) is 0 Å². The Hall–Kier alpha value is -2.26. The average molecular weight is 423 g/mol. The van der Waals surface area contributed by atoms with Crippen molar-refractivity contribution in [2.24, 2.45) is 0 Å². The lowest BCUT2D eigenvalue weighted by Gasteiger charge is -2.10. The standard InChI is InChI=1S/C24H16Cl2OS/c25-19-10-6-16(7-11-19)14-21-23(27)22(15-17-8-12-20(26)13-9-17)28-24(21)18-4-2-1-3-5-18/h1-15,24H/b21-14-,22-15-. The lowest BCUT2D eigenvalue weighted by Crippen LogP contribution is -2.00. The highest BCUT2D eigenvalue weighted by Crippen LogP contribution is 2.50. The number of Topliss-reactive ketones (excluding diaryl/α,β-unsaturated/α-hetero) is 1. The summed E-state index contributed by atoms with van der Waals surface area (Å²) < 4.78 is 0. The molecule has 4 rings (SSSR count). The molecule has 0 bridgehead atoms. The Labute approximate surface area is 178 Å². The minimum Gasteiger partial charge on any atom is -0.288 e. The van der Waals surface area contributed by atoms with Crippen molar-refractivity contribution in [2.45, 2.75) is 5.25 Å². The van der Waals surface area contributed by atoms with Crippen molar-refractivity contribution in [1.29, 1.82) is 0 Å². The Morgan fingerprint density at radius 3 is 1.82 bits per heavy atom. The molecule has 0 spiro atoms. The van der Waals surface area contributed by atoms with Gasteiger partial charge in [-0.05, 0) is 53.1 Å². The fourth-order valence-electron chi connectivity index (χ4n) is 3.07. The van der Waals surface area contributed by atoms with Crippen molar-refractivity contribution in [3.63, 3.8) is 0 Å². The van der Waals surface area contributed by atoms with Crippen molar-refractivity contribution in [3.05, 3.63) is 116 Å². The van der Waals surface area contributed by atoms with Crippen LogP contribution in [-0.2, 0) is 4.79 Å². The van der Waals surface area contributed by atoms with Crippen molar-refractivity contribution in [3.8, 4) is 0 Å². The van der Waals surface area contributed by atoms with Gasteiger partial charge in [-0.1, -0.05) is 77.8 Å². The highest BCUT2D eigenvalue weighted by Gasteiger charge is 2.34. The van der Waals surface area contributed by atoms with E-state index in [0.717, 1.165) is 27.2 Å². The maximum atomic E-state index is 13.2. The smallest absolute Gasteiger partial charge is 0.196 e. The number of carbonyl (C=O) groups is 1. The molecule has 1 unspecified atom stereocenters. The molecule has 1 atom stereocenters. The van der Waals surface area contributed by atoms with Gasteiger partial charge < -0.3 is 0 Å². The van der Waals surface area contributed by atoms with E-state index in [1.54, 1.807) is 11.8 Å². The van der Waals surface area contributed by atoms with Crippen molar-refractivity contribution in [2.75, 3.05) is 0 Å². The molecule has 0 N–H and O–H groups in total. The zero-order valence-electron chi connectivity index (χ0n) is 14.8. The first-order valence-corrected chi connectivity index (χ1v) is 10.4. The van der Waals surface area contributed by atoms with Crippen LogP contribution in [-0.4, -0.2) is 5.78 Å². The number of carbonyl (C=O) groups excluding carboxylic acids is 1. The molecule has 0 radical (unpaired) electrons. The molecule has 3 aromatic carbocycles. The predicted molar refractivity (Wildman–Crippen MR) is 121 cm³/mol. The fourth-order valence-corrected chi connectivity index (χ4v) is 4.60. The summed E-state index contributed by atoms with van der Waals surface area (Å²) in [5, 5.41) is 1.32. The van der Waals surface area contributed by atoms with E-state index < -0.39 is 0 Å². The van der Waals surface area contributed by atoms with E-state index in [-0.39, 0.29) is 11.0 Å². The number of thioether (sulfide) groups is 1. The van der Waals surface area contributed by atoms with Crippen molar-refractivity contribution in [1.82, 2.24) is 0 Å². The first-order valence-electron chi connectivity index (χ1n) is 8.81. The normalized spacial score (nSPS) is 19.5. The van der Waals surface area contributed by atoms with E-state index in [0.29, 0.717) is 10.0 Å². The Kier molecular flexibility index (Phi) is 5.72. The van der Waals surface area contributed by atoms with Crippen LogP contribution in [0.4, 0.5) is 0 Å². The number of allylic oxidation sites excluding steroid dienone is 1. The second kappa shape index (κ2) is 8.40. The second-order valence-electron chi connectivity index (χ2n) is 6.45. The van der Waals surface area contributed by atoms with Gasteiger partial charge in [-0.3, -0.25) is 4.79 Å². The molecule has 4 heteroatoms. The van der Waals surface area contributed by atoms with Gasteiger partial charge in [-0.2, -0.15) is 0 Å². The molecule has 1 nitrogen and oxygen atoms in total. The summed E-state index contributed by atoms with van der Waals surface area (Å²) in [5.41, 5.74) is 3.81. The van der Waals surface area contributed by atoms with Gasteiger partial charge >= 0.3 is 0 Å². The summed E-state index contributed by atoms with van der Waals surface area (Å²) in [6.45, 7) is 0. The zero-order chi connectivity index (χ0) is 19.5. The minimum absolute atomic E-state index is 0.0390. The summed E-state index contributed by atoms with van der Waals surface area (Å²) in [7, 11) is 0. The largest absolute Gasteiger partial charge is 0.288 e. The molecule has 1 fully saturated rings. The maximum Gasteiger partial charge on any atom is 0.196 e. The van der Waals surface area contributed by atoms with Crippen LogP contribution in [0.3, 0.4) is 0 Å². The molecule has 28 heavy (non-hydrogen) atoms. The van der Waals surface area contributed by atoms with Gasteiger partial charge in [0.15, 0.2) is 5.78 Å². The van der Waals surface area contributed by atoms with Gasteiger partial charge in [0, 0.05) is 15.6 Å². The molecular formula is C24H16Cl2OS. The van der Waals surface area contributed by atoms with E-state index in [1.807, 2.05) is 78.9 Å². The number of hydrogen-bond acceptors (Lipinski definition) is 2. The van der Waals surface area contributed by atoms with E-state index in [1.165, 1.54) is 0 Å². The van der Waals surface area contributed by atoms with Crippen LogP contribution in [0.2, 0.25) is 10.0 Å². The van der Waals surface area contributed by atoms with Gasteiger partial charge in [0.1, 0.15) is 0 Å². The zero-order valence-corrected chi connectivity index (χ0v) is 17.1. The summed E-state index contributed by atoms with van der Waals surface area (Å²) >= 11 is 13.6. The van der Waals surface area contributed by atoms with E-state index >= 15 is 0 Å². The lowest BCUT2D eigenvalue weighted by molar-refractivity contribution is -0.111. The number of halogens is 2. The first-order chi connectivity index (χ1) is 13.6. The van der Waals surface area contributed by atoms with Crippen molar-refractivity contribution < 1.29 is 4.79 Å². The average Bonchev–Trinajstić information content (AvgIpc) is 3.02. The molecule has 0 amide bonds. The Morgan fingerprint density at radius 1 is 0.714 bits per heavy atom. The summed E-state index contributed by atoms with van der Waals surface area (Å²) in [6, 6.07) is 25.1. The number of hydrogen-bond donors (Lipinski definition) is 0. The summed E-state index contributed by atoms with van der Waals surface area (Å²) in [4.78, 5) is 14.0. The SMILES string of the molecule is O=C1/C(=C/c2ccc(Cl)cc2)SC(c2ccccc2)/C1=C\c1ccc(Cl)cc1. The number of benzene rings is 3. The van der Waals surface area contributed by atoms with Gasteiger partial charge in [-0.15, -0.1) is 11.8 Å². The molecule has 3 aromatic rings. The molecule has 0 aromatic heterocycles. The summed E-state index contributed by atoms with van der Waals surface area (Å²) in [6.07, 6.45) is 3.90. The first kappa shape index (κ1) is 19.1. The fraction of sp³-hybridized carbons (Fsp3) is 0.0417. The molecule has 1 aliphatic rings. The highest BCUT2D eigenvalue weighted by atomic mass is 35.5. The third kappa shape index (κ3) is 4.25. The van der Waals surface area contributed by atoms with E-state index in [4.69, 9.17) is 23.2 Å². The summed E-state index contributed by atoms with van der Waals surface area (Å²) in [5.74, 6) is 0.0590. The Bertz CT molecular complexity index is 1050. The van der Waals surface area contributed by atoms with Gasteiger partial charge in [0.05, 0.1) is 10.2 Å². The molecule has 0 saturated carbocycles. The second-order valence-corrected chi connectivity index (χ2v) is 8.47. The molecule has 1 aliphatic heterocycles. The lowest BCUT2D eigenvalue weighted by atomic mass is 9.98. The van der Waals surface area contributed by atoms with Gasteiger partial charge in [0.2, 0.25) is 0 Å². The number of rotatable bonds is 3. The Morgan fingerprint density at radius 2 is 1.25 bits per heavy atom. The van der Waals surface area contributed by atoms with Crippen LogP contribution in [0, 0.1) is 0 Å². The van der Waals surface area contributed by atoms with Gasteiger partial charge in [-0.25, -0.2) is 0 Å². The molecule has 0 aliphatic carbocycles. The van der Waals surface area contributed by atoms with E-state index in [9.17, 15) is 4.79 Å². The molecular weight excluding hydrogens is 407 g/mol. The third-order valence-corrected chi connectivity index (χ3v) is 6.30. The molecule has 138 valence electrons.